The molecular formula is C23H24N4O5. The molecule has 1 aliphatic carbocycles. The Morgan fingerprint density at radius 1 is 1.12 bits per heavy atom. The Bertz CT molecular complexity index is 1080. The van der Waals surface area contributed by atoms with E-state index in [4.69, 9.17) is 9.84 Å². The molecule has 0 spiro atoms. The zero-order valence-corrected chi connectivity index (χ0v) is 17.6. The van der Waals surface area contributed by atoms with Gasteiger partial charge in [0.15, 0.2) is 6.04 Å². The van der Waals surface area contributed by atoms with Crippen LogP contribution in [0.3, 0.4) is 0 Å². The first-order chi connectivity index (χ1) is 15.5. The molecule has 0 saturated carbocycles. The summed E-state index contributed by atoms with van der Waals surface area (Å²) in [6.45, 7) is 1.89. The number of aliphatic hydroxyl groups is 1. The second kappa shape index (κ2) is 9.19. The van der Waals surface area contributed by atoms with Crippen LogP contribution in [0.2, 0.25) is 0 Å². The molecule has 2 N–H and O–H groups in total. The third-order valence-electron chi connectivity index (χ3n) is 5.62. The highest BCUT2D eigenvalue weighted by atomic mass is 16.6. The number of carbonyl (C=O) groups excluding carboxylic acids is 1. The third-order valence-corrected chi connectivity index (χ3v) is 5.62. The number of hydrogen-bond donors (Lipinski definition) is 2. The maximum absolute atomic E-state index is 13.0. The lowest BCUT2D eigenvalue weighted by Gasteiger charge is -2.26. The van der Waals surface area contributed by atoms with Crippen molar-refractivity contribution in [2.45, 2.75) is 25.4 Å². The van der Waals surface area contributed by atoms with Crippen molar-refractivity contribution >= 4 is 12.1 Å². The van der Waals surface area contributed by atoms with E-state index in [1.807, 2.05) is 48.5 Å². The Hall–Kier alpha value is -3.72. The molecule has 1 unspecified atom stereocenters. The van der Waals surface area contributed by atoms with E-state index in [9.17, 15) is 14.7 Å². The lowest BCUT2D eigenvalue weighted by Crippen LogP contribution is -2.40. The second-order valence-corrected chi connectivity index (χ2v) is 7.46. The van der Waals surface area contributed by atoms with E-state index in [1.165, 1.54) is 10.9 Å². The van der Waals surface area contributed by atoms with Crippen LogP contribution in [0.1, 0.15) is 35.7 Å². The molecule has 166 valence electrons. The van der Waals surface area contributed by atoms with Crippen LogP contribution < -0.4 is 0 Å². The first-order valence-corrected chi connectivity index (χ1v) is 10.4. The van der Waals surface area contributed by atoms with Gasteiger partial charge >= 0.3 is 12.1 Å². The van der Waals surface area contributed by atoms with Crippen molar-refractivity contribution in [1.82, 2.24) is 19.9 Å². The Kier molecular flexibility index (Phi) is 6.18. The van der Waals surface area contributed by atoms with Crippen LogP contribution in [-0.4, -0.2) is 61.9 Å². The van der Waals surface area contributed by atoms with Gasteiger partial charge in [0.2, 0.25) is 0 Å². The fraction of sp³-hybridized carbons (Fsp3) is 0.304. The number of aliphatic carboxylic acids is 1. The molecule has 1 amide bonds. The van der Waals surface area contributed by atoms with Gasteiger partial charge in [0, 0.05) is 12.5 Å². The number of fused-ring (bicyclic) bond motifs is 3. The van der Waals surface area contributed by atoms with Crippen molar-refractivity contribution in [3.63, 3.8) is 0 Å². The minimum Gasteiger partial charge on any atom is -0.479 e. The SMILES string of the molecule is CCN(C(=O)OCC1c2ccccc2-c2ccccc21)C(C(=O)O)c1cn(CCO)nn1. The molecule has 32 heavy (non-hydrogen) atoms. The number of likely N-dealkylation sites (N-methyl/N-ethyl adjacent to an activating group) is 1. The fourth-order valence-corrected chi connectivity index (χ4v) is 4.16. The Morgan fingerprint density at radius 3 is 2.31 bits per heavy atom. The van der Waals surface area contributed by atoms with Gasteiger partial charge in [0.1, 0.15) is 12.3 Å². The molecule has 0 bridgehead atoms. The Labute approximate surface area is 184 Å². The van der Waals surface area contributed by atoms with Crippen molar-refractivity contribution in [2.24, 2.45) is 0 Å². The number of amides is 1. The van der Waals surface area contributed by atoms with E-state index in [0.717, 1.165) is 27.2 Å². The number of carboxylic acids is 1. The molecule has 1 aliphatic rings. The van der Waals surface area contributed by atoms with Gasteiger partial charge in [0.25, 0.3) is 0 Å². The highest BCUT2D eigenvalue weighted by Gasteiger charge is 2.35. The van der Waals surface area contributed by atoms with Gasteiger partial charge in [-0.15, -0.1) is 5.10 Å². The first-order valence-electron chi connectivity index (χ1n) is 10.4. The molecule has 9 nitrogen and oxygen atoms in total. The predicted molar refractivity (Wildman–Crippen MR) is 115 cm³/mol. The zero-order chi connectivity index (χ0) is 22.7. The number of carbonyl (C=O) groups is 2. The highest BCUT2D eigenvalue weighted by Crippen LogP contribution is 2.44. The van der Waals surface area contributed by atoms with Gasteiger partial charge in [-0.2, -0.15) is 0 Å². The topological polar surface area (TPSA) is 118 Å². The van der Waals surface area contributed by atoms with Crippen LogP contribution in [-0.2, 0) is 16.1 Å². The fourth-order valence-electron chi connectivity index (χ4n) is 4.16. The van der Waals surface area contributed by atoms with Crippen molar-refractivity contribution in [3.05, 3.63) is 71.5 Å². The third kappa shape index (κ3) is 3.94. The summed E-state index contributed by atoms with van der Waals surface area (Å²) in [5.74, 6) is -1.37. The minimum absolute atomic E-state index is 0.0902. The van der Waals surface area contributed by atoms with Gasteiger partial charge in [-0.25, -0.2) is 14.3 Å². The Morgan fingerprint density at radius 2 is 1.75 bits per heavy atom. The molecule has 0 saturated heterocycles. The summed E-state index contributed by atoms with van der Waals surface area (Å²) >= 11 is 0. The summed E-state index contributed by atoms with van der Waals surface area (Å²) in [5.41, 5.74) is 4.47. The average molecular weight is 436 g/mol. The van der Waals surface area contributed by atoms with Crippen molar-refractivity contribution in [1.29, 1.82) is 0 Å². The molecule has 3 aromatic rings. The quantitative estimate of drug-likeness (QED) is 0.557. The van der Waals surface area contributed by atoms with E-state index in [-0.39, 0.29) is 37.9 Å². The largest absolute Gasteiger partial charge is 0.479 e. The van der Waals surface area contributed by atoms with Crippen LogP contribution in [0.5, 0.6) is 0 Å². The molecule has 1 heterocycles. The second-order valence-electron chi connectivity index (χ2n) is 7.46. The van der Waals surface area contributed by atoms with Crippen LogP contribution in [0, 0.1) is 0 Å². The number of benzene rings is 2. The maximum atomic E-state index is 13.0. The standard InChI is InChI=1S/C23H24N4O5/c1-2-27(21(22(29)30)20-13-26(11-12-28)25-24-20)23(31)32-14-19-17-9-5-3-7-15(17)16-8-4-6-10-18(16)19/h3-10,13,19,21,28H,2,11-12,14H2,1H3,(H,29,30). The van der Waals surface area contributed by atoms with Gasteiger partial charge in [-0.05, 0) is 29.2 Å². The lowest BCUT2D eigenvalue weighted by molar-refractivity contribution is -0.143. The molecule has 0 radical (unpaired) electrons. The summed E-state index contributed by atoms with van der Waals surface area (Å²) in [6, 6.07) is 14.6. The Balaban J connectivity index is 1.54. The summed E-state index contributed by atoms with van der Waals surface area (Å²) < 4.78 is 6.96. The summed E-state index contributed by atoms with van der Waals surface area (Å²) in [6.07, 6.45) is 0.674. The van der Waals surface area contributed by atoms with Crippen molar-refractivity contribution in [2.75, 3.05) is 19.8 Å². The van der Waals surface area contributed by atoms with Gasteiger partial charge in [-0.1, -0.05) is 53.7 Å². The predicted octanol–water partition coefficient (Wildman–Crippen LogP) is 2.67. The molecule has 0 fully saturated rings. The van der Waals surface area contributed by atoms with Crippen LogP contribution in [0.25, 0.3) is 11.1 Å². The van der Waals surface area contributed by atoms with Crippen molar-refractivity contribution in [3.8, 4) is 11.1 Å². The van der Waals surface area contributed by atoms with Gasteiger partial charge < -0.3 is 14.9 Å². The molecule has 2 aromatic carbocycles. The monoisotopic (exact) mass is 436 g/mol. The maximum Gasteiger partial charge on any atom is 0.410 e. The average Bonchev–Trinajstić information content (AvgIpc) is 3.38. The minimum atomic E-state index is -1.34. The summed E-state index contributed by atoms with van der Waals surface area (Å²) in [5, 5.41) is 26.5. The van der Waals surface area contributed by atoms with Crippen LogP contribution in [0.15, 0.2) is 54.7 Å². The number of aromatic nitrogens is 3. The number of hydrogen-bond acceptors (Lipinski definition) is 6. The molecule has 0 aliphatic heterocycles. The van der Waals surface area contributed by atoms with E-state index in [2.05, 4.69) is 10.3 Å². The summed E-state index contributed by atoms with van der Waals surface area (Å²) in [7, 11) is 0. The van der Waals surface area contributed by atoms with Crippen molar-refractivity contribution < 1.29 is 24.5 Å². The normalized spacial score (nSPS) is 13.3. The number of nitrogens with zero attached hydrogens (tertiary/aromatic N) is 4. The molecular weight excluding hydrogens is 412 g/mol. The molecule has 4 rings (SSSR count). The molecule has 1 atom stereocenters. The summed E-state index contributed by atoms with van der Waals surface area (Å²) in [4.78, 5) is 26.0. The van der Waals surface area contributed by atoms with E-state index in [0.29, 0.717) is 0 Å². The van der Waals surface area contributed by atoms with Crippen LogP contribution >= 0.6 is 0 Å². The van der Waals surface area contributed by atoms with E-state index < -0.39 is 18.1 Å². The van der Waals surface area contributed by atoms with Gasteiger partial charge in [0.05, 0.1) is 19.3 Å². The number of carboxylic acid groups (broad SMARTS) is 1. The van der Waals surface area contributed by atoms with Crippen LogP contribution in [0.4, 0.5) is 4.79 Å². The number of ether oxygens (including phenoxy) is 1. The van der Waals surface area contributed by atoms with Gasteiger partial charge in [-0.3, -0.25) is 4.90 Å². The first kappa shape index (κ1) is 21.5. The number of aliphatic hydroxyl groups excluding tert-OH is 1. The smallest absolute Gasteiger partial charge is 0.410 e. The molecule has 1 aromatic heterocycles. The number of rotatable bonds is 8. The lowest BCUT2D eigenvalue weighted by atomic mass is 9.98. The van der Waals surface area contributed by atoms with E-state index >= 15 is 0 Å². The zero-order valence-electron chi connectivity index (χ0n) is 17.6. The van der Waals surface area contributed by atoms with E-state index in [1.54, 1.807) is 6.92 Å². The molecule has 9 heteroatoms. The highest BCUT2D eigenvalue weighted by molar-refractivity contribution is 5.81.